The second-order valence-electron chi connectivity index (χ2n) is 4.72. The maximum absolute atomic E-state index is 5.35. The molecule has 0 aliphatic heterocycles. The molecule has 23 heavy (non-hydrogen) atoms. The van der Waals surface area contributed by atoms with E-state index in [9.17, 15) is 0 Å². The molecule has 6 heteroatoms. The second-order valence-corrected chi connectivity index (χ2v) is 6.01. The van der Waals surface area contributed by atoms with Crippen molar-refractivity contribution >= 4 is 34.8 Å². The minimum absolute atomic E-state index is 0.533. The van der Waals surface area contributed by atoms with Crippen molar-refractivity contribution in [1.29, 1.82) is 0 Å². The van der Waals surface area contributed by atoms with Gasteiger partial charge in [0.15, 0.2) is 5.11 Å². The van der Waals surface area contributed by atoms with Crippen LogP contribution in [0.2, 0.25) is 0 Å². The Labute approximate surface area is 146 Å². The Morgan fingerprint density at radius 1 is 1.09 bits per heavy atom. The summed E-state index contributed by atoms with van der Waals surface area (Å²) in [6.45, 7) is 0.660. The molecular weight excluding hydrogens is 328 g/mol. The van der Waals surface area contributed by atoms with Crippen LogP contribution in [0.15, 0.2) is 47.4 Å². The molecule has 0 spiro atoms. The summed E-state index contributed by atoms with van der Waals surface area (Å²) in [7, 11) is 3.25. The van der Waals surface area contributed by atoms with E-state index in [4.69, 9.17) is 21.7 Å². The molecule has 0 aromatic heterocycles. The second kappa shape index (κ2) is 8.64. The minimum atomic E-state index is 0.533. The average molecular weight is 348 g/mol. The molecule has 0 unspecified atom stereocenters. The van der Waals surface area contributed by atoms with Crippen LogP contribution in [-0.2, 0) is 6.54 Å². The number of thiocarbonyl (C=S) groups is 1. The first-order valence-electron chi connectivity index (χ1n) is 7.06. The van der Waals surface area contributed by atoms with Crippen molar-refractivity contribution < 1.29 is 9.47 Å². The molecule has 4 nitrogen and oxygen atoms in total. The van der Waals surface area contributed by atoms with Crippen molar-refractivity contribution in [3.8, 4) is 11.5 Å². The topological polar surface area (TPSA) is 42.5 Å². The van der Waals surface area contributed by atoms with E-state index in [1.165, 1.54) is 10.5 Å². The summed E-state index contributed by atoms with van der Waals surface area (Å²) in [6.07, 6.45) is 2.06. The number of benzene rings is 2. The van der Waals surface area contributed by atoms with Gasteiger partial charge in [0.05, 0.1) is 19.9 Å². The van der Waals surface area contributed by atoms with Crippen LogP contribution >= 0.6 is 24.0 Å². The third-order valence-corrected chi connectivity index (χ3v) is 4.26. The lowest BCUT2D eigenvalue weighted by atomic mass is 10.2. The standard InChI is InChI=1S/C17H20N2O2S2/c1-20-13-6-9-16(21-2)15(10-13)19-17(22)18-11-12-4-7-14(23-3)8-5-12/h4-10H,11H2,1-3H3,(H2,18,19,22). The van der Waals surface area contributed by atoms with Crippen molar-refractivity contribution in [2.45, 2.75) is 11.4 Å². The third kappa shape index (κ3) is 5.04. The summed E-state index contributed by atoms with van der Waals surface area (Å²) in [5.41, 5.74) is 1.94. The Kier molecular flexibility index (Phi) is 6.55. The lowest BCUT2D eigenvalue weighted by Crippen LogP contribution is -2.28. The van der Waals surface area contributed by atoms with E-state index in [-0.39, 0.29) is 0 Å². The van der Waals surface area contributed by atoms with Crippen molar-refractivity contribution in [1.82, 2.24) is 5.32 Å². The van der Waals surface area contributed by atoms with Gasteiger partial charge in [-0.15, -0.1) is 11.8 Å². The predicted octanol–water partition coefficient (Wildman–Crippen LogP) is 3.91. The molecule has 2 aromatic carbocycles. The maximum Gasteiger partial charge on any atom is 0.171 e. The Morgan fingerprint density at radius 3 is 2.43 bits per heavy atom. The zero-order valence-corrected chi connectivity index (χ0v) is 15.0. The van der Waals surface area contributed by atoms with Crippen LogP contribution in [0.5, 0.6) is 11.5 Å². The van der Waals surface area contributed by atoms with Crippen molar-refractivity contribution in [2.75, 3.05) is 25.8 Å². The van der Waals surface area contributed by atoms with E-state index in [0.717, 1.165) is 11.4 Å². The highest BCUT2D eigenvalue weighted by Gasteiger charge is 2.07. The van der Waals surface area contributed by atoms with E-state index in [1.54, 1.807) is 26.0 Å². The molecule has 0 radical (unpaired) electrons. The number of hydrogen-bond donors (Lipinski definition) is 2. The summed E-state index contributed by atoms with van der Waals surface area (Å²) in [4.78, 5) is 1.25. The number of ether oxygens (including phenoxy) is 2. The quantitative estimate of drug-likeness (QED) is 0.609. The highest BCUT2D eigenvalue weighted by molar-refractivity contribution is 7.98. The molecule has 0 heterocycles. The molecule has 0 atom stereocenters. The highest BCUT2D eigenvalue weighted by atomic mass is 32.2. The normalized spacial score (nSPS) is 10.0. The Bertz CT molecular complexity index is 660. The van der Waals surface area contributed by atoms with Crippen LogP contribution in [0.25, 0.3) is 0 Å². The number of thioether (sulfide) groups is 1. The molecule has 2 N–H and O–H groups in total. The number of methoxy groups -OCH3 is 2. The van der Waals surface area contributed by atoms with E-state index in [1.807, 2.05) is 18.2 Å². The van der Waals surface area contributed by atoms with Crippen molar-refractivity contribution in [2.24, 2.45) is 0 Å². The first-order valence-corrected chi connectivity index (χ1v) is 8.69. The number of rotatable bonds is 6. The fourth-order valence-corrected chi connectivity index (χ4v) is 2.59. The van der Waals surface area contributed by atoms with E-state index >= 15 is 0 Å². The largest absolute Gasteiger partial charge is 0.497 e. The lowest BCUT2D eigenvalue weighted by molar-refractivity contribution is 0.405. The minimum Gasteiger partial charge on any atom is -0.497 e. The van der Waals surface area contributed by atoms with Gasteiger partial charge in [-0.3, -0.25) is 0 Å². The Balaban J connectivity index is 1.96. The van der Waals surface area contributed by atoms with Crippen LogP contribution in [0.1, 0.15) is 5.56 Å². The lowest BCUT2D eigenvalue weighted by Gasteiger charge is -2.14. The molecule has 0 amide bonds. The molecule has 2 aromatic rings. The summed E-state index contributed by atoms with van der Waals surface area (Å²) in [6, 6.07) is 13.9. The maximum atomic E-state index is 5.35. The van der Waals surface area contributed by atoms with Gasteiger partial charge in [0.25, 0.3) is 0 Å². The fourth-order valence-electron chi connectivity index (χ4n) is 2.00. The number of anilines is 1. The van der Waals surface area contributed by atoms with Crippen LogP contribution in [0.4, 0.5) is 5.69 Å². The summed E-state index contributed by atoms with van der Waals surface area (Å²) in [5, 5.41) is 6.86. The summed E-state index contributed by atoms with van der Waals surface area (Å²) in [5.74, 6) is 1.45. The fraction of sp³-hybridized carbons (Fsp3) is 0.235. The van der Waals surface area contributed by atoms with Gasteiger partial charge < -0.3 is 20.1 Å². The SMILES string of the molecule is COc1ccc(OC)c(NC(=S)NCc2ccc(SC)cc2)c1. The van der Waals surface area contributed by atoms with Gasteiger partial charge in [-0.1, -0.05) is 12.1 Å². The first kappa shape index (κ1) is 17.4. The predicted molar refractivity (Wildman–Crippen MR) is 101 cm³/mol. The molecule has 122 valence electrons. The Morgan fingerprint density at radius 2 is 1.83 bits per heavy atom. The van der Waals surface area contributed by atoms with E-state index < -0.39 is 0 Å². The van der Waals surface area contributed by atoms with Crippen LogP contribution in [0.3, 0.4) is 0 Å². The van der Waals surface area contributed by atoms with Gasteiger partial charge in [-0.25, -0.2) is 0 Å². The molecular formula is C17H20N2O2S2. The van der Waals surface area contributed by atoms with Crippen molar-refractivity contribution in [3.05, 3.63) is 48.0 Å². The van der Waals surface area contributed by atoms with E-state index in [0.29, 0.717) is 17.4 Å². The Hall–Kier alpha value is -1.92. The van der Waals surface area contributed by atoms with E-state index in [2.05, 4.69) is 41.2 Å². The molecule has 0 aliphatic carbocycles. The molecule has 0 saturated heterocycles. The van der Waals surface area contributed by atoms with Crippen LogP contribution in [0, 0.1) is 0 Å². The van der Waals surface area contributed by atoms with Gasteiger partial charge in [-0.05, 0) is 48.3 Å². The molecule has 0 fully saturated rings. The smallest absolute Gasteiger partial charge is 0.171 e. The van der Waals surface area contributed by atoms with Crippen LogP contribution in [-0.4, -0.2) is 25.6 Å². The molecule has 0 bridgehead atoms. The third-order valence-electron chi connectivity index (χ3n) is 3.27. The highest BCUT2D eigenvalue weighted by Crippen LogP contribution is 2.28. The number of nitrogens with one attached hydrogen (secondary N) is 2. The van der Waals surface area contributed by atoms with Gasteiger partial charge in [0.1, 0.15) is 11.5 Å². The van der Waals surface area contributed by atoms with Gasteiger partial charge in [-0.2, -0.15) is 0 Å². The number of hydrogen-bond acceptors (Lipinski definition) is 4. The first-order chi connectivity index (χ1) is 11.2. The van der Waals surface area contributed by atoms with Gasteiger partial charge in [0, 0.05) is 17.5 Å². The molecule has 0 aliphatic rings. The average Bonchev–Trinajstić information content (AvgIpc) is 2.60. The molecule has 0 saturated carbocycles. The van der Waals surface area contributed by atoms with Crippen LogP contribution < -0.4 is 20.1 Å². The van der Waals surface area contributed by atoms with Crippen molar-refractivity contribution in [3.63, 3.8) is 0 Å². The van der Waals surface area contributed by atoms with Gasteiger partial charge in [0.2, 0.25) is 0 Å². The monoisotopic (exact) mass is 348 g/mol. The zero-order valence-electron chi connectivity index (χ0n) is 13.4. The van der Waals surface area contributed by atoms with Gasteiger partial charge >= 0.3 is 0 Å². The summed E-state index contributed by atoms with van der Waals surface area (Å²) >= 11 is 7.08. The summed E-state index contributed by atoms with van der Waals surface area (Å²) < 4.78 is 10.6. The molecule has 2 rings (SSSR count). The zero-order chi connectivity index (χ0) is 16.7.